The number of carbonyl (C=O) groups excluding carboxylic acids is 2. The average molecular weight is 449 g/mol. The van der Waals surface area contributed by atoms with Gasteiger partial charge >= 0.3 is 0 Å². The van der Waals surface area contributed by atoms with Gasteiger partial charge in [0.25, 0.3) is 0 Å². The van der Waals surface area contributed by atoms with Gasteiger partial charge in [-0.25, -0.2) is 4.98 Å². The molecule has 2 aromatic carbocycles. The Morgan fingerprint density at radius 3 is 2.64 bits per heavy atom. The van der Waals surface area contributed by atoms with Crippen molar-refractivity contribution >= 4 is 22.8 Å². The molecule has 1 unspecified atom stereocenters. The van der Waals surface area contributed by atoms with Gasteiger partial charge in [0.05, 0.1) is 11.0 Å². The highest BCUT2D eigenvalue weighted by Crippen LogP contribution is 2.18. The molecule has 3 aromatic rings. The second kappa shape index (κ2) is 10.6. The number of ether oxygens (including phenoxy) is 1. The monoisotopic (exact) mass is 448 g/mol. The lowest BCUT2D eigenvalue weighted by molar-refractivity contribution is -0.134. The van der Waals surface area contributed by atoms with Crippen LogP contribution in [0.5, 0.6) is 0 Å². The molecule has 1 fully saturated rings. The molecule has 0 radical (unpaired) electrons. The van der Waals surface area contributed by atoms with E-state index in [2.05, 4.69) is 5.32 Å². The fourth-order valence-corrected chi connectivity index (χ4v) is 4.25. The van der Waals surface area contributed by atoms with Gasteiger partial charge in [-0.05, 0) is 44.4 Å². The van der Waals surface area contributed by atoms with Crippen LogP contribution in [0.2, 0.25) is 0 Å². The third-order valence-electron chi connectivity index (χ3n) is 6.04. The summed E-state index contributed by atoms with van der Waals surface area (Å²) in [5.41, 5.74) is 2.88. The molecule has 1 saturated heterocycles. The largest absolute Gasteiger partial charge is 0.368 e. The fraction of sp³-hybridized carbons (Fsp3) is 0.423. The van der Waals surface area contributed by atoms with Gasteiger partial charge in [0.15, 0.2) is 0 Å². The second-order valence-corrected chi connectivity index (χ2v) is 8.75. The maximum atomic E-state index is 13.4. The van der Waals surface area contributed by atoms with Gasteiger partial charge in [0, 0.05) is 32.2 Å². The van der Waals surface area contributed by atoms with Gasteiger partial charge in [-0.15, -0.1) is 0 Å². The Kier molecular flexibility index (Phi) is 7.40. The Hall–Kier alpha value is -3.19. The summed E-state index contributed by atoms with van der Waals surface area (Å²) >= 11 is 0. The predicted octanol–water partition coefficient (Wildman–Crippen LogP) is 3.31. The molecule has 7 nitrogen and oxygen atoms in total. The summed E-state index contributed by atoms with van der Waals surface area (Å²) in [7, 11) is 0. The highest BCUT2D eigenvalue weighted by Gasteiger charge is 2.24. The minimum Gasteiger partial charge on any atom is -0.368 e. The van der Waals surface area contributed by atoms with E-state index in [-0.39, 0.29) is 30.5 Å². The number of benzene rings is 2. The molecule has 0 aliphatic carbocycles. The predicted molar refractivity (Wildman–Crippen MR) is 128 cm³/mol. The lowest BCUT2D eigenvalue weighted by Gasteiger charge is -2.27. The summed E-state index contributed by atoms with van der Waals surface area (Å²) in [6, 6.07) is 18.0. The van der Waals surface area contributed by atoms with E-state index in [0.717, 1.165) is 35.3 Å². The van der Waals surface area contributed by atoms with E-state index in [9.17, 15) is 9.59 Å². The number of nitrogens with one attached hydrogen (secondary N) is 1. The molecule has 2 heterocycles. The lowest BCUT2D eigenvalue weighted by atomic mass is 10.2. The van der Waals surface area contributed by atoms with Crippen molar-refractivity contribution in [2.75, 3.05) is 13.2 Å². The zero-order valence-corrected chi connectivity index (χ0v) is 19.4. The molecule has 1 aromatic heterocycles. The van der Waals surface area contributed by atoms with Gasteiger partial charge in [-0.3, -0.25) is 9.59 Å². The number of fused-ring (bicyclic) bond motifs is 1. The zero-order chi connectivity index (χ0) is 23.2. The first-order valence-electron chi connectivity index (χ1n) is 11.7. The topological polar surface area (TPSA) is 76.5 Å². The van der Waals surface area contributed by atoms with Crippen LogP contribution in [0.15, 0.2) is 54.6 Å². The van der Waals surface area contributed by atoms with E-state index in [4.69, 9.17) is 9.72 Å². The minimum atomic E-state index is -0.344. The quantitative estimate of drug-likeness (QED) is 0.545. The van der Waals surface area contributed by atoms with Crippen LogP contribution in [0.3, 0.4) is 0 Å². The van der Waals surface area contributed by atoms with Crippen molar-refractivity contribution in [1.29, 1.82) is 0 Å². The summed E-state index contributed by atoms with van der Waals surface area (Å²) in [5, 5.41) is 2.96. The summed E-state index contributed by atoms with van der Waals surface area (Å²) in [6.45, 7) is 5.94. The van der Waals surface area contributed by atoms with Crippen molar-refractivity contribution in [1.82, 2.24) is 19.8 Å². The Bertz CT molecular complexity index is 1090. The van der Waals surface area contributed by atoms with E-state index in [1.54, 1.807) is 0 Å². The van der Waals surface area contributed by atoms with Crippen molar-refractivity contribution in [2.45, 2.75) is 58.3 Å². The van der Waals surface area contributed by atoms with Crippen molar-refractivity contribution in [3.05, 3.63) is 66.0 Å². The maximum Gasteiger partial charge on any atom is 0.249 e. The number of aromatic nitrogens is 2. The highest BCUT2D eigenvalue weighted by molar-refractivity contribution is 5.82. The summed E-state index contributed by atoms with van der Waals surface area (Å²) < 4.78 is 7.44. The van der Waals surface area contributed by atoms with Crippen LogP contribution in [-0.2, 0) is 33.8 Å². The molecule has 1 aliphatic heterocycles. The van der Waals surface area contributed by atoms with Crippen molar-refractivity contribution in [3.63, 3.8) is 0 Å². The molecular formula is C26H32N4O3. The zero-order valence-electron chi connectivity index (χ0n) is 19.4. The van der Waals surface area contributed by atoms with Crippen molar-refractivity contribution in [2.24, 2.45) is 0 Å². The molecular weight excluding hydrogens is 416 g/mol. The lowest BCUT2D eigenvalue weighted by Crippen LogP contribution is -2.39. The molecule has 33 heavy (non-hydrogen) atoms. The molecule has 1 atom stereocenters. The summed E-state index contributed by atoms with van der Waals surface area (Å²) in [6.07, 6.45) is 1.89. The average Bonchev–Trinajstić information content (AvgIpc) is 3.47. The van der Waals surface area contributed by atoms with Crippen LogP contribution < -0.4 is 5.32 Å². The van der Waals surface area contributed by atoms with E-state index >= 15 is 0 Å². The van der Waals surface area contributed by atoms with E-state index in [1.807, 2.05) is 77.9 Å². The molecule has 4 rings (SSSR count). The van der Waals surface area contributed by atoms with Gasteiger partial charge < -0.3 is 19.5 Å². The molecule has 174 valence electrons. The first-order chi connectivity index (χ1) is 16.0. The Labute approximate surface area is 194 Å². The Morgan fingerprint density at radius 2 is 1.91 bits per heavy atom. The molecule has 2 amide bonds. The number of para-hydroxylation sites is 2. The van der Waals surface area contributed by atoms with E-state index in [0.29, 0.717) is 26.1 Å². The molecule has 1 aliphatic rings. The normalized spacial score (nSPS) is 15.8. The van der Waals surface area contributed by atoms with E-state index < -0.39 is 0 Å². The number of hydrogen-bond donors (Lipinski definition) is 1. The number of rotatable bonds is 9. The molecule has 0 bridgehead atoms. The van der Waals surface area contributed by atoms with Crippen LogP contribution in [0.25, 0.3) is 11.0 Å². The highest BCUT2D eigenvalue weighted by atomic mass is 16.5. The van der Waals surface area contributed by atoms with Crippen LogP contribution in [0.4, 0.5) is 0 Å². The number of amides is 2. The van der Waals surface area contributed by atoms with E-state index in [1.165, 1.54) is 0 Å². The smallest absolute Gasteiger partial charge is 0.249 e. The SMILES string of the molecule is CC(C)N(Cc1ccccc1)C(=O)Cn1c(CCNC(=O)C2CCCO2)nc2ccccc21. The Morgan fingerprint density at radius 1 is 1.15 bits per heavy atom. The van der Waals surface area contributed by atoms with Crippen LogP contribution >= 0.6 is 0 Å². The second-order valence-electron chi connectivity index (χ2n) is 8.75. The molecule has 0 saturated carbocycles. The molecule has 0 spiro atoms. The van der Waals surface area contributed by atoms with Gasteiger partial charge in [-0.1, -0.05) is 42.5 Å². The van der Waals surface area contributed by atoms with Crippen LogP contribution in [-0.4, -0.2) is 51.6 Å². The first kappa shape index (κ1) is 23.0. The first-order valence-corrected chi connectivity index (χ1v) is 11.7. The fourth-order valence-electron chi connectivity index (χ4n) is 4.25. The minimum absolute atomic E-state index is 0.0432. The van der Waals surface area contributed by atoms with Crippen molar-refractivity contribution < 1.29 is 14.3 Å². The standard InChI is InChI=1S/C26H32N4O3/c1-19(2)29(17-20-9-4-3-5-10-20)25(31)18-30-22-12-7-6-11-21(22)28-24(30)14-15-27-26(32)23-13-8-16-33-23/h3-7,9-12,19,23H,8,13-18H2,1-2H3,(H,27,32). The van der Waals surface area contributed by atoms with Gasteiger partial charge in [0.1, 0.15) is 18.5 Å². The molecule has 7 heteroatoms. The third-order valence-corrected chi connectivity index (χ3v) is 6.04. The van der Waals surface area contributed by atoms with Gasteiger partial charge in [0.2, 0.25) is 11.8 Å². The number of hydrogen-bond acceptors (Lipinski definition) is 4. The Balaban J connectivity index is 1.49. The number of carbonyl (C=O) groups is 2. The third kappa shape index (κ3) is 5.60. The van der Waals surface area contributed by atoms with Crippen molar-refractivity contribution in [3.8, 4) is 0 Å². The number of imidazole rings is 1. The molecule has 1 N–H and O–H groups in total. The van der Waals surface area contributed by atoms with Gasteiger partial charge in [-0.2, -0.15) is 0 Å². The summed E-state index contributed by atoms with van der Waals surface area (Å²) in [5.74, 6) is 0.766. The van der Waals surface area contributed by atoms with Crippen LogP contribution in [0, 0.1) is 0 Å². The van der Waals surface area contributed by atoms with Crippen LogP contribution in [0.1, 0.15) is 38.1 Å². The summed E-state index contributed by atoms with van der Waals surface area (Å²) in [4.78, 5) is 32.3. The number of nitrogens with zero attached hydrogens (tertiary/aromatic N) is 3. The maximum absolute atomic E-state index is 13.4.